The topological polar surface area (TPSA) is 79.7 Å². The Morgan fingerprint density at radius 3 is 2.53 bits per heavy atom. The quantitative estimate of drug-likeness (QED) is 0.297. The number of likely N-dealkylation sites (tertiary alicyclic amines) is 1. The van der Waals surface area contributed by atoms with E-state index >= 15 is 0 Å². The van der Waals surface area contributed by atoms with E-state index in [1.54, 1.807) is 18.0 Å². The zero-order valence-electron chi connectivity index (χ0n) is 28.0. The zero-order chi connectivity index (χ0) is 32.5. The second-order valence-electron chi connectivity index (χ2n) is 14.5. The summed E-state index contributed by atoms with van der Waals surface area (Å²) in [5, 5.41) is 4.22. The number of aromatic nitrogens is 2. The molecule has 9 heteroatoms. The van der Waals surface area contributed by atoms with Crippen LogP contribution in [-0.2, 0) is 11.2 Å². The molecule has 1 atom stereocenters. The van der Waals surface area contributed by atoms with E-state index in [0.717, 1.165) is 69.2 Å². The van der Waals surface area contributed by atoms with E-state index in [1.165, 1.54) is 23.1 Å². The van der Waals surface area contributed by atoms with Crippen molar-refractivity contribution in [2.75, 3.05) is 26.7 Å². The molecule has 1 aromatic carbocycles. The zero-order valence-corrected chi connectivity index (χ0v) is 28.0. The van der Waals surface area contributed by atoms with Gasteiger partial charge >= 0.3 is 6.09 Å². The number of pyridine rings is 1. The lowest BCUT2D eigenvalue weighted by Gasteiger charge is -2.32. The molecule has 2 fully saturated rings. The monoisotopic (exact) mass is 619 g/mol. The Bertz CT molecular complexity index is 1520. The molecule has 1 aliphatic heterocycles. The number of nitrogens with zero attached hydrogens (tertiary/aromatic N) is 4. The minimum Gasteiger partial charge on any atom is -0.444 e. The van der Waals surface area contributed by atoms with E-state index in [-0.39, 0.29) is 24.1 Å². The van der Waals surface area contributed by atoms with Crippen LogP contribution in [0.3, 0.4) is 0 Å². The lowest BCUT2D eigenvalue weighted by atomic mass is 9.86. The summed E-state index contributed by atoms with van der Waals surface area (Å²) < 4.78 is 21.9. The highest BCUT2D eigenvalue weighted by atomic mass is 19.1. The van der Waals surface area contributed by atoms with Crippen LogP contribution < -0.4 is 5.32 Å². The van der Waals surface area contributed by atoms with E-state index < -0.39 is 11.4 Å². The number of fused-ring (bicyclic) bond motifs is 1. The molecule has 45 heavy (non-hydrogen) atoms. The van der Waals surface area contributed by atoms with Gasteiger partial charge in [0.05, 0.1) is 23.0 Å². The molecule has 0 spiro atoms. The van der Waals surface area contributed by atoms with Gasteiger partial charge < -0.3 is 24.4 Å². The summed E-state index contributed by atoms with van der Waals surface area (Å²) in [6, 6.07) is 4.66. The average molecular weight is 620 g/mol. The molecule has 5 rings (SSSR count). The molecule has 1 saturated heterocycles. The number of hydrogen-bond acceptors (Lipinski definition) is 5. The van der Waals surface area contributed by atoms with Gasteiger partial charge in [-0.25, -0.2) is 9.18 Å². The fourth-order valence-electron chi connectivity index (χ4n) is 6.99. The Hall–Kier alpha value is -3.46. The Kier molecular flexibility index (Phi) is 9.87. The summed E-state index contributed by atoms with van der Waals surface area (Å²) in [6.45, 7) is 14.9. The van der Waals surface area contributed by atoms with Crippen LogP contribution in [0, 0.1) is 24.6 Å². The molecule has 1 saturated carbocycles. The largest absolute Gasteiger partial charge is 0.444 e. The first-order chi connectivity index (χ1) is 21.3. The Labute approximate surface area is 267 Å². The fourth-order valence-corrected chi connectivity index (χ4v) is 6.99. The SMILES string of the molecule is Cc1cncc2c1c(C[C@@H]1CCN(C[C@H]3CC[C@H](NC(=O)OC(C)(C)C)CC3)C1)cn2-c1ccc(F)cc1C(=O)N(C)C(C)C. The van der Waals surface area contributed by atoms with Gasteiger partial charge in [0.1, 0.15) is 11.4 Å². The van der Waals surface area contributed by atoms with Crippen molar-refractivity contribution < 1.29 is 18.7 Å². The van der Waals surface area contributed by atoms with Crippen molar-refractivity contribution in [2.24, 2.45) is 11.8 Å². The van der Waals surface area contributed by atoms with Crippen molar-refractivity contribution in [2.45, 2.75) is 97.8 Å². The highest BCUT2D eigenvalue weighted by Crippen LogP contribution is 2.33. The van der Waals surface area contributed by atoms with Gasteiger partial charge in [-0.15, -0.1) is 0 Å². The number of benzene rings is 1. The van der Waals surface area contributed by atoms with E-state index in [9.17, 15) is 14.0 Å². The lowest BCUT2D eigenvalue weighted by molar-refractivity contribution is 0.0484. The maximum absolute atomic E-state index is 14.5. The maximum Gasteiger partial charge on any atom is 0.407 e. The van der Waals surface area contributed by atoms with E-state index in [0.29, 0.717) is 23.1 Å². The fraction of sp³-hybridized carbons (Fsp3) is 0.583. The second kappa shape index (κ2) is 13.5. The van der Waals surface area contributed by atoms with Crippen LogP contribution >= 0.6 is 0 Å². The molecule has 1 aliphatic carbocycles. The van der Waals surface area contributed by atoms with Crippen molar-refractivity contribution in [3.63, 3.8) is 0 Å². The van der Waals surface area contributed by atoms with Crippen molar-refractivity contribution in [3.8, 4) is 5.69 Å². The van der Waals surface area contributed by atoms with E-state index in [4.69, 9.17) is 4.74 Å². The molecule has 2 aromatic heterocycles. The number of nitrogens with one attached hydrogen (secondary N) is 1. The molecule has 2 amide bonds. The van der Waals surface area contributed by atoms with Gasteiger partial charge in [-0.1, -0.05) is 0 Å². The van der Waals surface area contributed by atoms with Gasteiger partial charge in [-0.2, -0.15) is 0 Å². The predicted octanol–water partition coefficient (Wildman–Crippen LogP) is 6.90. The van der Waals surface area contributed by atoms with Gasteiger partial charge in [0.25, 0.3) is 5.91 Å². The first-order valence-corrected chi connectivity index (χ1v) is 16.5. The standard InChI is InChI=1S/C36H50FN5O3/c1-23(2)40(7)34(43)30-17-28(37)10-13-31(30)42-22-27(33-24(3)18-38-19-32(33)42)16-26-14-15-41(21-26)20-25-8-11-29(12-9-25)39-35(44)45-36(4,5)6/h10,13,17-19,22-23,25-26,29H,8-9,11-12,14-16,20-21H2,1-7H3,(H,39,44)/t25-,26-,29-/m0/s1. The Morgan fingerprint density at radius 2 is 1.84 bits per heavy atom. The van der Waals surface area contributed by atoms with E-state index in [2.05, 4.69) is 28.3 Å². The molecule has 0 unspecified atom stereocenters. The number of alkyl carbamates (subject to hydrolysis) is 1. The third kappa shape index (κ3) is 7.86. The summed E-state index contributed by atoms with van der Waals surface area (Å²) >= 11 is 0. The van der Waals surface area contributed by atoms with Crippen LogP contribution in [0.5, 0.6) is 0 Å². The molecule has 3 heterocycles. The summed E-state index contributed by atoms with van der Waals surface area (Å²) in [6.07, 6.45) is 11.9. The van der Waals surface area contributed by atoms with Gasteiger partial charge in [-0.05, 0) is 128 Å². The highest BCUT2D eigenvalue weighted by molar-refractivity contribution is 5.99. The summed E-state index contributed by atoms with van der Waals surface area (Å²) in [4.78, 5) is 34.4. The molecule has 244 valence electrons. The molecule has 0 bridgehead atoms. The minimum absolute atomic E-state index is 0.0104. The van der Waals surface area contributed by atoms with Gasteiger partial charge in [0, 0.05) is 50.0 Å². The molecule has 1 N–H and O–H groups in total. The number of halogens is 1. The van der Waals surface area contributed by atoms with Crippen LogP contribution in [0.2, 0.25) is 0 Å². The molecule has 0 radical (unpaired) electrons. The van der Waals surface area contributed by atoms with Crippen molar-refractivity contribution in [3.05, 3.63) is 59.3 Å². The van der Waals surface area contributed by atoms with E-state index in [1.807, 2.05) is 51.6 Å². The first-order valence-electron chi connectivity index (χ1n) is 16.5. The molecule has 8 nitrogen and oxygen atoms in total. The molecular weight excluding hydrogens is 569 g/mol. The van der Waals surface area contributed by atoms with Crippen LogP contribution in [0.1, 0.15) is 88.2 Å². The summed E-state index contributed by atoms with van der Waals surface area (Å²) in [5.41, 5.74) is 3.81. The number of ether oxygens (including phenoxy) is 1. The third-order valence-electron chi connectivity index (χ3n) is 9.49. The smallest absolute Gasteiger partial charge is 0.407 e. The van der Waals surface area contributed by atoms with Gasteiger partial charge in [-0.3, -0.25) is 9.78 Å². The summed E-state index contributed by atoms with van der Waals surface area (Å²) in [7, 11) is 1.76. The van der Waals surface area contributed by atoms with Crippen molar-refractivity contribution >= 4 is 22.9 Å². The molecule has 3 aromatic rings. The van der Waals surface area contributed by atoms with Crippen LogP contribution in [0.25, 0.3) is 16.6 Å². The maximum atomic E-state index is 14.5. The highest BCUT2D eigenvalue weighted by Gasteiger charge is 2.30. The second-order valence-corrected chi connectivity index (χ2v) is 14.5. The normalized spacial score (nSPS) is 21.0. The number of carbonyl (C=O) groups excluding carboxylic acids is 2. The van der Waals surface area contributed by atoms with Crippen LogP contribution in [0.4, 0.5) is 9.18 Å². The van der Waals surface area contributed by atoms with Crippen molar-refractivity contribution in [1.29, 1.82) is 0 Å². The van der Waals surface area contributed by atoms with Crippen LogP contribution in [-0.4, -0.2) is 75.7 Å². The van der Waals surface area contributed by atoms with Crippen molar-refractivity contribution in [1.82, 2.24) is 24.7 Å². The molecular formula is C36H50FN5O3. The Balaban J connectivity index is 1.26. The van der Waals surface area contributed by atoms with Gasteiger partial charge in [0.15, 0.2) is 0 Å². The first kappa shape index (κ1) is 32.9. The number of hydrogen-bond donors (Lipinski definition) is 1. The van der Waals surface area contributed by atoms with Gasteiger partial charge in [0.2, 0.25) is 0 Å². The Morgan fingerprint density at radius 1 is 1.11 bits per heavy atom. The average Bonchev–Trinajstić information content (AvgIpc) is 3.57. The number of carbonyl (C=O) groups is 2. The third-order valence-corrected chi connectivity index (χ3v) is 9.49. The number of aryl methyl sites for hydroxylation is 1. The summed E-state index contributed by atoms with van der Waals surface area (Å²) in [5.74, 6) is 0.547. The predicted molar refractivity (Wildman–Crippen MR) is 176 cm³/mol. The number of amides is 2. The minimum atomic E-state index is -0.481. The number of rotatable bonds is 8. The lowest BCUT2D eigenvalue weighted by Crippen LogP contribution is -2.42. The molecule has 2 aliphatic rings. The van der Waals surface area contributed by atoms with Crippen LogP contribution in [0.15, 0.2) is 36.8 Å².